The summed E-state index contributed by atoms with van der Waals surface area (Å²) in [6, 6.07) is 9.39. The van der Waals surface area contributed by atoms with Crippen LogP contribution >= 0.6 is 0 Å². The van der Waals surface area contributed by atoms with Gasteiger partial charge < -0.3 is 20.1 Å². The molecule has 1 heterocycles. The molecule has 2 amide bonds. The van der Waals surface area contributed by atoms with Crippen molar-refractivity contribution < 1.29 is 19.1 Å². The molecule has 0 bridgehead atoms. The van der Waals surface area contributed by atoms with E-state index in [1.807, 2.05) is 30.3 Å². The van der Waals surface area contributed by atoms with E-state index in [1.165, 1.54) is 0 Å². The van der Waals surface area contributed by atoms with Gasteiger partial charge in [-0.1, -0.05) is 30.3 Å². The largest absolute Gasteiger partial charge is 0.445 e. The topological polar surface area (TPSA) is 76.7 Å². The fraction of sp³-hybridized carbons (Fsp3) is 0.467. The van der Waals surface area contributed by atoms with E-state index in [1.54, 1.807) is 7.05 Å². The molecule has 1 fully saturated rings. The first-order chi connectivity index (χ1) is 10.2. The zero-order chi connectivity index (χ0) is 15.1. The highest BCUT2D eigenvalue weighted by molar-refractivity contribution is 5.89. The van der Waals surface area contributed by atoms with Crippen molar-refractivity contribution in [3.63, 3.8) is 0 Å². The van der Waals surface area contributed by atoms with Crippen LogP contribution < -0.4 is 10.6 Å². The first-order valence-electron chi connectivity index (χ1n) is 6.95. The first kappa shape index (κ1) is 15.3. The standard InChI is InChI=1S/C15H20N2O4/c1-16-13(18)15(7-9-20-10-8-15)17-14(19)21-11-12-5-3-2-4-6-12/h2-6H,7-11H2,1H3,(H,16,18)(H,17,19). The van der Waals surface area contributed by atoms with Crippen molar-refractivity contribution in [1.29, 1.82) is 0 Å². The summed E-state index contributed by atoms with van der Waals surface area (Å²) < 4.78 is 10.4. The Labute approximate surface area is 123 Å². The van der Waals surface area contributed by atoms with Crippen LogP contribution in [0.3, 0.4) is 0 Å². The fourth-order valence-electron chi connectivity index (χ4n) is 2.32. The lowest BCUT2D eigenvalue weighted by atomic mass is 9.89. The number of alkyl carbamates (subject to hydrolysis) is 1. The Morgan fingerprint density at radius 2 is 1.90 bits per heavy atom. The van der Waals surface area contributed by atoms with Crippen LogP contribution in [0.4, 0.5) is 4.79 Å². The second-order valence-electron chi connectivity index (χ2n) is 4.96. The quantitative estimate of drug-likeness (QED) is 0.874. The number of rotatable bonds is 4. The molecule has 0 radical (unpaired) electrons. The Kier molecular flexibility index (Phi) is 5.16. The van der Waals surface area contributed by atoms with Gasteiger partial charge in [0.25, 0.3) is 0 Å². The molecule has 6 heteroatoms. The minimum Gasteiger partial charge on any atom is -0.445 e. The molecule has 0 saturated carbocycles. The SMILES string of the molecule is CNC(=O)C1(NC(=O)OCc2ccccc2)CCOCC1. The highest BCUT2D eigenvalue weighted by Gasteiger charge is 2.41. The molecule has 1 saturated heterocycles. The van der Waals surface area contributed by atoms with Gasteiger partial charge in [0.05, 0.1) is 0 Å². The van der Waals surface area contributed by atoms with Crippen molar-refractivity contribution in [3.05, 3.63) is 35.9 Å². The van der Waals surface area contributed by atoms with E-state index in [0.29, 0.717) is 26.1 Å². The van der Waals surface area contributed by atoms with Gasteiger partial charge in [-0.05, 0) is 5.56 Å². The molecule has 114 valence electrons. The fourth-order valence-corrected chi connectivity index (χ4v) is 2.32. The van der Waals surface area contributed by atoms with Gasteiger partial charge in [0, 0.05) is 33.1 Å². The number of benzene rings is 1. The molecule has 1 aromatic rings. The number of hydrogen-bond donors (Lipinski definition) is 2. The molecule has 2 rings (SSSR count). The van der Waals surface area contributed by atoms with Crippen LogP contribution in [0.15, 0.2) is 30.3 Å². The number of hydrogen-bond acceptors (Lipinski definition) is 4. The lowest BCUT2D eigenvalue weighted by Gasteiger charge is -2.35. The zero-order valence-electron chi connectivity index (χ0n) is 12.1. The number of amides is 2. The van der Waals surface area contributed by atoms with Gasteiger partial charge >= 0.3 is 6.09 Å². The molecule has 1 aliphatic heterocycles. The van der Waals surface area contributed by atoms with Crippen LogP contribution in [0.5, 0.6) is 0 Å². The van der Waals surface area contributed by atoms with Gasteiger partial charge in [-0.15, -0.1) is 0 Å². The Hall–Kier alpha value is -2.08. The van der Waals surface area contributed by atoms with E-state index in [2.05, 4.69) is 10.6 Å². The average Bonchev–Trinajstić information content (AvgIpc) is 2.54. The van der Waals surface area contributed by atoms with Gasteiger partial charge in [-0.3, -0.25) is 4.79 Å². The van der Waals surface area contributed by atoms with E-state index in [4.69, 9.17) is 9.47 Å². The second kappa shape index (κ2) is 7.08. The summed E-state index contributed by atoms with van der Waals surface area (Å²) in [6.07, 6.45) is 0.282. The van der Waals surface area contributed by atoms with E-state index < -0.39 is 11.6 Å². The van der Waals surface area contributed by atoms with Crippen molar-refractivity contribution >= 4 is 12.0 Å². The lowest BCUT2D eigenvalue weighted by Crippen LogP contribution is -2.60. The highest BCUT2D eigenvalue weighted by Crippen LogP contribution is 2.21. The zero-order valence-corrected chi connectivity index (χ0v) is 12.1. The normalized spacial score (nSPS) is 16.8. The van der Waals surface area contributed by atoms with Gasteiger partial charge in [0.1, 0.15) is 12.1 Å². The molecule has 6 nitrogen and oxygen atoms in total. The molecule has 1 aromatic carbocycles. The molecule has 0 aliphatic carbocycles. The molecule has 2 N–H and O–H groups in total. The monoisotopic (exact) mass is 292 g/mol. The Bertz CT molecular complexity index is 484. The Morgan fingerprint density at radius 1 is 1.24 bits per heavy atom. The van der Waals surface area contributed by atoms with Gasteiger partial charge in [0.15, 0.2) is 0 Å². The maximum Gasteiger partial charge on any atom is 0.408 e. The number of carbonyl (C=O) groups is 2. The molecule has 0 unspecified atom stereocenters. The molecule has 0 aromatic heterocycles. The molecule has 0 spiro atoms. The summed E-state index contributed by atoms with van der Waals surface area (Å²) in [7, 11) is 1.55. The Morgan fingerprint density at radius 3 is 2.52 bits per heavy atom. The van der Waals surface area contributed by atoms with Crippen LogP contribution in [-0.2, 0) is 20.9 Å². The van der Waals surface area contributed by atoms with Gasteiger partial charge in [-0.2, -0.15) is 0 Å². The van der Waals surface area contributed by atoms with Gasteiger partial charge in [-0.25, -0.2) is 4.79 Å². The number of ether oxygens (including phenoxy) is 2. The summed E-state index contributed by atoms with van der Waals surface area (Å²) in [6.45, 7) is 1.05. The predicted molar refractivity (Wildman–Crippen MR) is 76.6 cm³/mol. The second-order valence-corrected chi connectivity index (χ2v) is 4.96. The number of nitrogens with one attached hydrogen (secondary N) is 2. The van der Waals surface area contributed by atoms with Crippen LogP contribution in [0.25, 0.3) is 0 Å². The third-order valence-electron chi connectivity index (χ3n) is 3.56. The summed E-state index contributed by atoms with van der Waals surface area (Å²) in [5.41, 5.74) is -0.0468. The van der Waals surface area contributed by atoms with E-state index in [0.717, 1.165) is 5.56 Å². The van der Waals surface area contributed by atoms with Crippen LogP contribution in [0.2, 0.25) is 0 Å². The van der Waals surface area contributed by atoms with E-state index in [-0.39, 0.29) is 12.5 Å². The summed E-state index contributed by atoms with van der Waals surface area (Å²) >= 11 is 0. The van der Waals surface area contributed by atoms with Gasteiger partial charge in [0.2, 0.25) is 5.91 Å². The summed E-state index contributed by atoms with van der Waals surface area (Å²) in [5.74, 6) is -0.220. The summed E-state index contributed by atoms with van der Waals surface area (Å²) in [5, 5.41) is 5.29. The molecule has 0 atom stereocenters. The lowest BCUT2D eigenvalue weighted by molar-refractivity contribution is -0.130. The maximum atomic E-state index is 12.1. The molecular weight excluding hydrogens is 272 g/mol. The Balaban J connectivity index is 1.93. The minimum atomic E-state index is -0.944. The minimum absolute atomic E-state index is 0.174. The van der Waals surface area contributed by atoms with Crippen LogP contribution in [-0.4, -0.2) is 37.8 Å². The molecular formula is C15H20N2O4. The first-order valence-corrected chi connectivity index (χ1v) is 6.95. The number of likely N-dealkylation sites (N-methyl/N-ethyl adjacent to an activating group) is 1. The van der Waals surface area contributed by atoms with Crippen molar-refractivity contribution in [2.24, 2.45) is 0 Å². The third-order valence-corrected chi connectivity index (χ3v) is 3.56. The van der Waals surface area contributed by atoms with Crippen LogP contribution in [0, 0.1) is 0 Å². The van der Waals surface area contributed by atoms with E-state index >= 15 is 0 Å². The third kappa shape index (κ3) is 3.95. The van der Waals surface area contributed by atoms with Crippen molar-refractivity contribution in [2.75, 3.05) is 20.3 Å². The number of carbonyl (C=O) groups excluding carboxylic acids is 2. The van der Waals surface area contributed by atoms with Crippen molar-refractivity contribution in [1.82, 2.24) is 10.6 Å². The predicted octanol–water partition coefficient (Wildman–Crippen LogP) is 1.21. The smallest absolute Gasteiger partial charge is 0.408 e. The van der Waals surface area contributed by atoms with Crippen molar-refractivity contribution in [2.45, 2.75) is 25.0 Å². The average molecular weight is 292 g/mol. The van der Waals surface area contributed by atoms with Crippen LogP contribution in [0.1, 0.15) is 18.4 Å². The molecule has 1 aliphatic rings. The van der Waals surface area contributed by atoms with Crippen molar-refractivity contribution in [3.8, 4) is 0 Å². The maximum absolute atomic E-state index is 12.1. The van der Waals surface area contributed by atoms with E-state index in [9.17, 15) is 9.59 Å². The highest BCUT2D eigenvalue weighted by atomic mass is 16.5. The summed E-state index contributed by atoms with van der Waals surface area (Å²) in [4.78, 5) is 24.0. The molecule has 21 heavy (non-hydrogen) atoms.